The highest BCUT2D eigenvalue weighted by Gasteiger charge is 2.10. The molecule has 6 heteroatoms. The second kappa shape index (κ2) is 5.01. The van der Waals surface area contributed by atoms with Crippen LogP contribution in [0.1, 0.15) is 11.1 Å². The van der Waals surface area contributed by atoms with Crippen molar-refractivity contribution in [3.05, 3.63) is 56.2 Å². The predicted molar refractivity (Wildman–Crippen MR) is 69.8 cm³/mol. The van der Waals surface area contributed by atoms with E-state index in [0.29, 0.717) is 5.75 Å². The van der Waals surface area contributed by atoms with Crippen LogP contribution in [0.3, 0.4) is 0 Å². The van der Waals surface area contributed by atoms with E-state index in [0.717, 1.165) is 10.1 Å². The molecule has 0 aliphatic rings. The van der Waals surface area contributed by atoms with Crippen molar-refractivity contribution in [2.75, 3.05) is 7.11 Å². The lowest BCUT2D eigenvalue weighted by Gasteiger charge is -2.10. The second-order valence-electron chi connectivity index (χ2n) is 4.15. The summed E-state index contributed by atoms with van der Waals surface area (Å²) in [5.41, 5.74) is -0.328. The summed E-state index contributed by atoms with van der Waals surface area (Å²) in [6, 6.07) is 7.13. The zero-order chi connectivity index (χ0) is 14.0. The van der Waals surface area contributed by atoms with Crippen LogP contribution in [0.4, 0.5) is 0 Å². The minimum Gasteiger partial charge on any atom is -0.497 e. The minimum atomic E-state index is -0.643. The van der Waals surface area contributed by atoms with Gasteiger partial charge in [-0.2, -0.15) is 0 Å². The molecule has 1 aromatic heterocycles. The maximum absolute atomic E-state index is 11.7. The fraction of sp³-hybridized carbons (Fsp3) is 0.231. The summed E-state index contributed by atoms with van der Waals surface area (Å²) < 4.78 is 6.19. The van der Waals surface area contributed by atoms with Gasteiger partial charge in [0.2, 0.25) is 5.88 Å². The Kier molecular flexibility index (Phi) is 3.41. The van der Waals surface area contributed by atoms with Crippen LogP contribution in [0.5, 0.6) is 11.6 Å². The number of hydrogen-bond acceptors (Lipinski definition) is 4. The number of nitrogens with zero attached hydrogens (tertiary/aromatic N) is 1. The van der Waals surface area contributed by atoms with E-state index in [4.69, 9.17) is 4.74 Å². The van der Waals surface area contributed by atoms with Crippen molar-refractivity contribution in [2.45, 2.75) is 13.5 Å². The van der Waals surface area contributed by atoms with Crippen molar-refractivity contribution in [3.8, 4) is 11.6 Å². The van der Waals surface area contributed by atoms with E-state index in [1.165, 1.54) is 6.92 Å². The van der Waals surface area contributed by atoms with Gasteiger partial charge < -0.3 is 9.84 Å². The van der Waals surface area contributed by atoms with Crippen molar-refractivity contribution in [1.82, 2.24) is 9.55 Å². The standard InChI is InChI=1S/C13H14N2O4/c1-8-11(16)14-13(18)15(12(8)17)7-9-4-3-5-10(6-9)19-2/h3-6,17H,7H2,1-2H3,(H,14,16,18). The topological polar surface area (TPSA) is 84.3 Å². The van der Waals surface area contributed by atoms with Gasteiger partial charge in [0, 0.05) is 0 Å². The van der Waals surface area contributed by atoms with Gasteiger partial charge in [0.05, 0.1) is 19.2 Å². The van der Waals surface area contributed by atoms with Crippen molar-refractivity contribution in [1.29, 1.82) is 0 Å². The molecule has 6 nitrogen and oxygen atoms in total. The molecule has 0 spiro atoms. The number of ether oxygens (including phenoxy) is 1. The summed E-state index contributed by atoms with van der Waals surface area (Å²) in [5, 5.41) is 9.86. The molecule has 0 unspecified atom stereocenters. The fourth-order valence-electron chi connectivity index (χ4n) is 1.76. The van der Waals surface area contributed by atoms with E-state index < -0.39 is 11.2 Å². The Morgan fingerprint density at radius 3 is 2.79 bits per heavy atom. The molecular formula is C13H14N2O4. The van der Waals surface area contributed by atoms with Crippen LogP contribution in [-0.4, -0.2) is 21.8 Å². The first kappa shape index (κ1) is 12.9. The van der Waals surface area contributed by atoms with Crippen molar-refractivity contribution >= 4 is 0 Å². The third-order valence-corrected chi connectivity index (χ3v) is 2.87. The molecule has 100 valence electrons. The molecule has 2 rings (SSSR count). The molecule has 0 radical (unpaired) electrons. The van der Waals surface area contributed by atoms with E-state index in [1.807, 2.05) is 0 Å². The van der Waals surface area contributed by atoms with E-state index >= 15 is 0 Å². The lowest BCUT2D eigenvalue weighted by Crippen LogP contribution is -2.31. The van der Waals surface area contributed by atoms with Gasteiger partial charge in [-0.1, -0.05) is 12.1 Å². The maximum atomic E-state index is 11.7. The van der Waals surface area contributed by atoms with E-state index in [1.54, 1.807) is 31.4 Å². The molecule has 0 fully saturated rings. The molecule has 1 aromatic carbocycles. The highest BCUT2D eigenvalue weighted by atomic mass is 16.5. The summed E-state index contributed by atoms with van der Waals surface area (Å²) in [6.07, 6.45) is 0. The van der Waals surface area contributed by atoms with Crippen LogP contribution in [0.15, 0.2) is 33.9 Å². The normalized spacial score (nSPS) is 10.4. The van der Waals surface area contributed by atoms with Gasteiger partial charge in [-0.25, -0.2) is 4.79 Å². The van der Waals surface area contributed by atoms with Crippen molar-refractivity contribution in [3.63, 3.8) is 0 Å². The maximum Gasteiger partial charge on any atom is 0.331 e. The number of H-pyrrole nitrogens is 1. The fourth-order valence-corrected chi connectivity index (χ4v) is 1.76. The lowest BCUT2D eigenvalue weighted by molar-refractivity contribution is 0.402. The van der Waals surface area contributed by atoms with Gasteiger partial charge in [-0.3, -0.25) is 14.3 Å². The van der Waals surface area contributed by atoms with Gasteiger partial charge in [0.15, 0.2) is 0 Å². The molecule has 2 aromatic rings. The van der Waals surface area contributed by atoms with Crippen LogP contribution in [0.25, 0.3) is 0 Å². The molecule has 0 aliphatic heterocycles. The first-order valence-electron chi connectivity index (χ1n) is 5.68. The number of nitrogens with one attached hydrogen (secondary N) is 1. The third-order valence-electron chi connectivity index (χ3n) is 2.87. The molecule has 0 bridgehead atoms. The summed E-state index contributed by atoms with van der Waals surface area (Å²) >= 11 is 0. The number of aromatic amines is 1. The molecule has 0 saturated carbocycles. The van der Waals surface area contributed by atoms with Crippen LogP contribution in [0, 0.1) is 6.92 Å². The largest absolute Gasteiger partial charge is 0.497 e. The van der Waals surface area contributed by atoms with Crippen LogP contribution >= 0.6 is 0 Å². The molecule has 2 N–H and O–H groups in total. The third kappa shape index (κ3) is 2.52. The number of rotatable bonds is 3. The molecule has 0 amide bonds. The van der Waals surface area contributed by atoms with E-state index in [9.17, 15) is 14.7 Å². The number of aromatic nitrogens is 2. The van der Waals surface area contributed by atoms with Gasteiger partial charge in [-0.05, 0) is 24.6 Å². The summed E-state index contributed by atoms with van der Waals surface area (Å²) in [7, 11) is 1.55. The molecular weight excluding hydrogens is 248 g/mol. The van der Waals surface area contributed by atoms with Crippen molar-refractivity contribution in [2.24, 2.45) is 0 Å². The molecule has 0 aliphatic carbocycles. The number of methoxy groups -OCH3 is 1. The van der Waals surface area contributed by atoms with Gasteiger partial charge >= 0.3 is 5.69 Å². The number of hydrogen-bond donors (Lipinski definition) is 2. The van der Waals surface area contributed by atoms with E-state index in [2.05, 4.69) is 4.98 Å². The molecule has 0 atom stereocenters. The molecule has 19 heavy (non-hydrogen) atoms. The number of aromatic hydroxyl groups is 1. The highest BCUT2D eigenvalue weighted by Crippen LogP contribution is 2.15. The van der Waals surface area contributed by atoms with Crippen LogP contribution in [0.2, 0.25) is 0 Å². The van der Waals surface area contributed by atoms with Gasteiger partial charge in [-0.15, -0.1) is 0 Å². The van der Waals surface area contributed by atoms with Gasteiger partial charge in [0.25, 0.3) is 5.56 Å². The monoisotopic (exact) mass is 262 g/mol. The Labute approximate surface area is 108 Å². The second-order valence-corrected chi connectivity index (χ2v) is 4.15. The average Bonchev–Trinajstić information content (AvgIpc) is 2.41. The van der Waals surface area contributed by atoms with Crippen LogP contribution < -0.4 is 16.0 Å². The Bertz CT molecular complexity index is 715. The first-order chi connectivity index (χ1) is 9.02. The molecule has 1 heterocycles. The summed E-state index contributed by atoms with van der Waals surface area (Å²) in [5.74, 6) is 0.336. The SMILES string of the molecule is COc1cccc(Cn2c(O)c(C)c(=O)[nH]c2=O)c1. The highest BCUT2D eigenvalue weighted by molar-refractivity contribution is 5.30. The van der Waals surface area contributed by atoms with Gasteiger partial charge in [0.1, 0.15) is 5.75 Å². The predicted octanol–water partition coefficient (Wildman–Crippen LogP) is 0.608. The summed E-state index contributed by atoms with van der Waals surface area (Å²) in [6.45, 7) is 1.61. The number of benzene rings is 1. The Morgan fingerprint density at radius 2 is 2.11 bits per heavy atom. The molecule has 0 saturated heterocycles. The Morgan fingerprint density at radius 1 is 1.37 bits per heavy atom. The minimum absolute atomic E-state index is 0.113. The first-order valence-corrected chi connectivity index (χ1v) is 5.68. The van der Waals surface area contributed by atoms with E-state index in [-0.39, 0.29) is 18.0 Å². The average molecular weight is 262 g/mol. The lowest BCUT2D eigenvalue weighted by atomic mass is 10.2. The zero-order valence-electron chi connectivity index (χ0n) is 10.6. The van der Waals surface area contributed by atoms with Crippen molar-refractivity contribution < 1.29 is 9.84 Å². The summed E-state index contributed by atoms with van der Waals surface area (Å²) in [4.78, 5) is 25.2. The quantitative estimate of drug-likeness (QED) is 0.848. The smallest absolute Gasteiger partial charge is 0.331 e. The Hall–Kier alpha value is -2.50. The van der Waals surface area contributed by atoms with Crippen LogP contribution in [-0.2, 0) is 6.54 Å². The zero-order valence-corrected chi connectivity index (χ0v) is 10.6. The Balaban J connectivity index is 2.46.